The zero-order valence-corrected chi connectivity index (χ0v) is 13.1. The van der Waals surface area contributed by atoms with Crippen LogP contribution in [0.5, 0.6) is 0 Å². The van der Waals surface area contributed by atoms with E-state index < -0.39 is 0 Å². The summed E-state index contributed by atoms with van der Waals surface area (Å²) in [5, 5.41) is 4.27. The highest BCUT2D eigenvalue weighted by Crippen LogP contribution is 2.18. The maximum atomic E-state index is 5.70. The lowest BCUT2D eigenvalue weighted by Gasteiger charge is -2.33. The molecule has 1 unspecified atom stereocenters. The molecule has 6 heteroatoms. The number of thiazole rings is 1. The number of nitrogens with one attached hydrogen (secondary N) is 1. The molecule has 21 heavy (non-hydrogen) atoms. The van der Waals surface area contributed by atoms with Crippen LogP contribution in [0.15, 0.2) is 24.5 Å². The lowest BCUT2D eigenvalue weighted by molar-refractivity contribution is 0.193. The van der Waals surface area contributed by atoms with E-state index in [0.717, 1.165) is 38.3 Å². The van der Waals surface area contributed by atoms with E-state index in [-0.39, 0.29) is 0 Å². The van der Waals surface area contributed by atoms with Crippen LogP contribution in [0.1, 0.15) is 16.1 Å². The van der Waals surface area contributed by atoms with E-state index in [9.17, 15) is 0 Å². The molecule has 112 valence electrons. The number of aryl methyl sites for hydroxylation is 1. The highest BCUT2D eigenvalue weighted by molar-refractivity contribution is 7.15. The molecule has 2 aromatic rings. The number of nitrogens with two attached hydrogens (primary N) is 1. The van der Waals surface area contributed by atoms with Gasteiger partial charge in [0.1, 0.15) is 0 Å². The minimum atomic E-state index is 0.491. The minimum Gasteiger partial charge on any atom is -0.375 e. The molecule has 0 aromatic carbocycles. The van der Waals surface area contributed by atoms with Crippen LogP contribution >= 0.6 is 11.3 Å². The first-order valence-electron chi connectivity index (χ1n) is 7.26. The summed E-state index contributed by atoms with van der Waals surface area (Å²) < 4.78 is 0. The molecule has 3 heterocycles. The first-order chi connectivity index (χ1) is 10.2. The normalized spacial score (nSPS) is 19.8. The molecule has 3 rings (SSSR count). The third-order valence-electron chi connectivity index (χ3n) is 3.73. The summed E-state index contributed by atoms with van der Waals surface area (Å²) in [6.45, 7) is 6.15. The monoisotopic (exact) mass is 303 g/mol. The first kappa shape index (κ1) is 14.4. The van der Waals surface area contributed by atoms with Crippen LogP contribution in [0.2, 0.25) is 0 Å². The first-order valence-corrected chi connectivity index (χ1v) is 8.08. The number of aromatic nitrogens is 2. The molecule has 2 aromatic heterocycles. The summed E-state index contributed by atoms with van der Waals surface area (Å²) >= 11 is 1.58. The highest BCUT2D eigenvalue weighted by atomic mass is 32.1. The molecule has 3 N–H and O–H groups in total. The smallest absolute Gasteiger partial charge is 0.180 e. The maximum absolute atomic E-state index is 5.70. The molecule has 1 atom stereocenters. The summed E-state index contributed by atoms with van der Waals surface area (Å²) in [6.07, 6.45) is 4.83. The Hall–Kier alpha value is -1.50. The lowest BCUT2D eigenvalue weighted by Crippen LogP contribution is -2.51. The maximum Gasteiger partial charge on any atom is 0.180 e. The fourth-order valence-corrected chi connectivity index (χ4v) is 3.53. The molecule has 0 spiro atoms. The molecule has 1 aliphatic rings. The Kier molecular flexibility index (Phi) is 4.48. The average Bonchev–Trinajstić information content (AvgIpc) is 2.84. The fraction of sp³-hybridized carbons (Fsp3) is 0.467. The van der Waals surface area contributed by atoms with E-state index in [0.29, 0.717) is 11.2 Å². The molecule has 0 amide bonds. The van der Waals surface area contributed by atoms with Gasteiger partial charge in [0.05, 0.1) is 0 Å². The van der Waals surface area contributed by atoms with Gasteiger partial charge in [-0.15, -0.1) is 11.3 Å². The predicted octanol–water partition coefficient (Wildman–Crippen LogP) is 1.45. The van der Waals surface area contributed by atoms with E-state index >= 15 is 0 Å². The topological polar surface area (TPSA) is 67.1 Å². The van der Waals surface area contributed by atoms with Gasteiger partial charge in [-0.2, -0.15) is 0 Å². The zero-order chi connectivity index (χ0) is 14.7. The fourth-order valence-electron chi connectivity index (χ4n) is 2.81. The SMILES string of the molecule is Cc1cc(CC2CN(Cc3cnc(N)s3)CCN2)ccn1. The summed E-state index contributed by atoms with van der Waals surface area (Å²) in [4.78, 5) is 12.1. The number of rotatable bonds is 4. The van der Waals surface area contributed by atoms with Crippen LogP contribution in [0.4, 0.5) is 5.13 Å². The highest BCUT2D eigenvalue weighted by Gasteiger charge is 2.20. The van der Waals surface area contributed by atoms with Gasteiger partial charge in [-0.3, -0.25) is 9.88 Å². The standard InChI is InChI=1S/C15H21N5S/c1-11-6-12(2-3-17-11)7-13-9-20(5-4-18-13)10-14-8-19-15(16)21-14/h2-3,6,8,13,18H,4-5,7,9-10H2,1H3,(H2,16,19). The Morgan fingerprint density at radius 1 is 1.48 bits per heavy atom. The summed E-state index contributed by atoms with van der Waals surface area (Å²) in [6, 6.07) is 4.77. The molecule has 1 fully saturated rings. The molecule has 0 bridgehead atoms. The number of pyridine rings is 1. The van der Waals surface area contributed by atoms with Gasteiger partial charge in [-0.25, -0.2) is 4.98 Å². The Labute approximate surface area is 129 Å². The Morgan fingerprint density at radius 2 is 2.38 bits per heavy atom. The molecular formula is C15H21N5S. The Balaban J connectivity index is 1.58. The van der Waals surface area contributed by atoms with E-state index in [1.54, 1.807) is 11.3 Å². The summed E-state index contributed by atoms with van der Waals surface area (Å²) in [5.41, 5.74) is 8.13. The van der Waals surface area contributed by atoms with Crippen LogP contribution in [0.25, 0.3) is 0 Å². The summed E-state index contributed by atoms with van der Waals surface area (Å²) in [7, 11) is 0. The van der Waals surface area contributed by atoms with Gasteiger partial charge >= 0.3 is 0 Å². The van der Waals surface area contributed by atoms with Crippen molar-refractivity contribution in [1.82, 2.24) is 20.2 Å². The van der Waals surface area contributed by atoms with E-state index in [1.165, 1.54) is 10.4 Å². The number of nitrogen functional groups attached to an aromatic ring is 1. The van der Waals surface area contributed by atoms with Crippen molar-refractivity contribution in [3.8, 4) is 0 Å². The molecular weight excluding hydrogens is 282 g/mol. The van der Waals surface area contributed by atoms with Crippen LogP contribution in [0.3, 0.4) is 0 Å². The van der Waals surface area contributed by atoms with E-state index in [4.69, 9.17) is 5.73 Å². The van der Waals surface area contributed by atoms with Crippen molar-refractivity contribution < 1.29 is 0 Å². The average molecular weight is 303 g/mol. The Morgan fingerprint density at radius 3 is 3.14 bits per heavy atom. The van der Waals surface area contributed by atoms with Crippen molar-refractivity contribution in [2.75, 3.05) is 25.4 Å². The minimum absolute atomic E-state index is 0.491. The molecule has 1 saturated heterocycles. The molecule has 5 nitrogen and oxygen atoms in total. The second kappa shape index (κ2) is 6.51. The number of anilines is 1. The molecule has 0 aliphatic carbocycles. The van der Waals surface area contributed by atoms with Gasteiger partial charge in [0.25, 0.3) is 0 Å². The van der Waals surface area contributed by atoms with Crippen LogP contribution in [-0.2, 0) is 13.0 Å². The van der Waals surface area contributed by atoms with Crippen molar-refractivity contribution in [2.45, 2.75) is 25.9 Å². The van der Waals surface area contributed by atoms with Crippen LogP contribution in [-0.4, -0.2) is 40.5 Å². The molecule has 0 saturated carbocycles. The second-order valence-electron chi connectivity index (χ2n) is 5.56. The van der Waals surface area contributed by atoms with Gasteiger partial charge in [0.2, 0.25) is 0 Å². The number of piperazine rings is 1. The van der Waals surface area contributed by atoms with Crippen molar-refractivity contribution in [3.05, 3.63) is 40.7 Å². The zero-order valence-electron chi connectivity index (χ0n) is 12.2. The van der Waals surface area contributed by atoms with Gasteiger partial charge in [-0.1, -0.05) is 0 Å². The van der Waals surface area contributed by atoms with Gasteiger partial charge in [-0.05, 0) is 31.0 Å². The molecule has 0 radical (unpaired) electrons. The second-order valence-corrected chi connectivity index (χ2v) is 6.71. The third-order valence-corrected chi connectivity index (χ3v) is 4.54. The van der Waals surface area contributed by atoms with Gasteiger partial charge in [0, 0.05) is 55.2 Å². The van der Waals surface area contributed by atoms with Gasteiger partial charge < -0.3 is 11.1 Å². The predicted molar refractivity (Wildman–Crippen MR) is 86.3 cm³/mol. The summed E-state index contributed by atoms with van der Waals surface area (Å²) in [5.74, 6) is 0. The van der Waals surface area contributed by atoms with Gasteiger partial charge in [0.15, 0.2) is 5.13 Å². The van der Waals surface area contributed by atoms with Crippen molar-refractivity contribution >= 4 is 16.5 Å². The van der Waals surface area contributed by atoms with Crippen molar-refractivity contribution in [1.29, 1.82) is 0 Å². The number of hydrogen-bond acceptors (Lipinski definition) is 6. The largest absolute Gasteiger partial charge is 0.375 e. The van der Waals surface area contributed by atoms with Crippen LogP contribution in [0, 0.1) is 6.92 Å². The number of nitrogens with zero attached hydrogens (tertiary/aromatic N) is 3. The van der Waals surface area contributed by atoms with Crippen molar-refractivity contribution in [2.24, 2.45) is 0 Å². The third kappa shape index (κ3) is 4.00. The Bertz CT molecular complexity index is 597. The quantitative estimate of drug-likeness (QED) is 0.895. The van der Waals surface area contributed by atoms with Crippen molar-refractivity contribution in [3.63, 3.8) is 0 Å². The van der Waals surface area contributed by atoms with E-state index in [2.05, 4.69) is 32.3 Å². The van der Waals surface area contributed by atoms with E-state index in [1.807, 2.05) is 19.3 Å². The molecule has 1 aliphatic heterocycles. The lowest BCUT2D eigenvalue weighted by atomic mass is 10.0. The van der Waals surface area contributed by atoms with Crippen LogP contribution < -0.4 is 11.1 Å². The number of hydrogen-bond donors (Lipinski definition) is 2.